The summed E-state index contributed by atoms with van der Waals surface area (Å²) in [4.78, 5) is 4.70. The molecular formula is C77H60N4OSi. The van der Waals surface area contributed by atoms with E-state index in [1.165, 1.54) is 39.5 Å². The van der Waals surface area contributed by atoms with Crippen LogP contribution in [0.15, 0.2) is 291 Å². The fraction of sp³-hybridized carbons (Fsp3) is 0.0649. The van der Waals surface area contributed by atoms with Gasteiger partial charge in [-0.1, -0.05) is 251 Å². The lowest BCUT2D eigenvalue weighted by atomic mass is 9.83. The van der Waals surface area contributed by atoms with E-state index >= 15 is 0 Å². The van der Waals surface area contributed by atoms with E-state index in [-0.39, 0.29) is 73.1 Å². The average molecular weight is 1120 g/mol. The third kappa shape index (κ3) is 9.14. The first-order chi connectivity index (χ1) is 53.9. The number of nitrogens with zero attached hydrogens (tertiary/aromatic N) is 4. The van der Waals surface area contributed by atoms with Crippen molar-refractivity contribution >= 4 is 61.7 Å². The Morgan fingerprint density at radius 3 is 1.81 bits per heavy atom. The molecule has 0 amide bonds. The molecule has 0 aliphatic rings. The smallest absolute Gasteiger partial charge is 0.269 e. The molecule has 3 aromatic heterocycles. The fourth-order valence-corrected chi connectivity index (χ4v) is 14.1. The van der Waals surface area contributed by atoms with Gasteiger partial charge in [-0.15, -0.1) is 0 Å². The average Bonchev–Trinajstić information content (AvgIpc) is 1.19. The molecule has 0 aliphatic carbocycles. The molecule has 5 nitrogen and oxygen atoms in total. The normalized spacial score (nSPS) is 17.4. The van der Waals surface area contributed by atoms with Crippen LogP contribution in [0.4, 0.5) is 0 Å². The zero-order valence-corrected chi connectivity index (χ0v) is 45.2. The molecule has 14 rings (SSSR count). The van der Waals surface area contributed by atoms with Gasteiger partial charge in [0.05, 0.1) is 73.2 Å². The zero-order chi connectivity index (χ0) is 83.8. The molecule has 83 heavy (non-hydrogen) atoms. The zero-order valence-electron chi connectivity index (χ0n) is 76.2. The molecule has 0 saturated carbocycles. The number of benzene rings is 11. The highest BCUT2D eigenvalue weighted by Crippen LogP contribution is 2.39. The van der Waals surface area contributed by atoms with Crippen LogP contribution < -0.4 is 30.1 Å². The fourth-order valence-electron chi connectivity index (χ4n) is 10.6. The standard InChI is InChI=1S/C77H60N4OSi/c1-54-47-75(78-52-69(54)56-27-12-6-13-28-56)81-71-42-21-20-39-67(71)68-45-44-61(51-73(68)81)82-60-31-23-30-59(50-60)79-53-80(72-46-43-57(49-74(72)79)55-25-10-5-11-26-55)76-66(40-24-41-70(76)77(2,3)4)58-29-22-38-65(48-58)83(62-32-14-7-15-33-62,63-34-16-8-17-35-63)64-36-18-9-19-37-64/h5-52H,1-4H3/i1D3,5D,6D,7D,8D,9D,10D,11D,12D,13D,14D,15D,16D,17D,18D,19D,22D,25D,26D,27D,28D,29D,32D,33D,34D,35D,36D,37D,38D,48D. The first-order valence-corrected chi connectivity index (χ1v) is 27.9. The van der Waals surface area contributed by atoms with Gasteiger partial charge in [0, 0.05) is 32.7 Å². The minimum atomic E-state index is -6.35. The number of ether oxygens (including phenoxy) is 1. The quantitative estimate of drug-likeness (QED) is 0.0529. The number of hydrogen-bond donors (Lipinski definition) is 0. The van der Waals surface area contributed by atoms with Crippen molar-refractivity contribution in [1.29, 1.82) is 0 Å². The van der Waals surface area contributed by atoms with Gasteiger partial charge in [0.25, 0.3) is 6.33 Å². The summed E-state index contributed by atoms with van der Waals surface area (Å²) in [7, 11) is -6.35. The molecule has 6 heteroatoms. The van der Waals surface area contributed by atoms with E-state index in [1.807, 2.05) is 26.8 Å². The van der Waals surface area contributed by atoms with Gasteiger partial charge in [0.2, 0.25) is 0 Å². The molecule has 398 valence electrons. The molecule has 0 fully saturated rings. The molecule has 0 aliphatic heterocycles. The van der Waals surface area contributed by atoms with E-state index < -0.39 is 222 Å². The Bertz CT molecular complexity index is 6310. The predicted molar refractivity (Wildman–Crippen MR) is 346 cm³/mol. The Kier molecular flexibility index (Phi) is 6.87. The van der Waals surface area contributed by atoms with Gasteiger partial charge >= 0.3 is 0 Å². The Balaban J connectivity index is 1.04. The summed E-state index contributed by atoms with van der Waals surface area (Å²) in [5, 5.41) is -2.74. The van der Waals surface area contributed by atoms with Crippen molar-refractivity contribution in [2.45, 2.75) is 33.0 Å². The Labute approximate surface area is 531 Å². The van der Waals surface area contributed by atoms with E-state index in [2.05, 4.69) is 6.33 Å². The highest BCUT2D eigenvalue weighted by Gasteiger charge is 2.41. The molecule has 0 unspecified atom stereocenters. The van der Waals surface area contributed by atoms with Crippen molar-refractivity contribution in [3.05, 3.63) is 308 Å². The topological polar surface area (TPSA) is 35.9 Å². The molecule has 0 radical (unpaired) electrons. The molecule has 0 bridgehead atoms. The second-order valence-corrected chi connectivity index (χ2v) is 23.6. The number of aromatic nitrogens is 4. The Morgan fingerprint density at radius 1 is 0.506 bits per heavy atom. The van der Waals surface area contributed by atoms with Crippen LogP contribution in [0.1, 0.15) is 75.8 Å². The van der Waals surface area contributed by atoms with Crippen molar-refractivity contribution in [3.8, 4) is 62.1 Å². The van der Waals surface area contributed by atoms with Crippen LogP contribution in [0.25, 0.3) is 83.4 Å². The largest absolute Gasteiger partial charge is 0.458 e. The summed E-state index contributed by atoms with van der Waals surface area (Å²) in [6.45, 7) is 2.51. The number of hydrogen-bond acceptors (Lipinski definition) is 2. The molecule has 0 spiro atoms. The van der Waals surface area contributed by atoms with E-state index in [1.54, 1.807) is 77.4 Å². The van der Waals surface area contributed by atoms with Gasteiger partial charge in [-0.2, -0.15) is 0 Å². The van der Waals surface area contributed by atoms with Gasteiger partial charge < -0.3 is 4.74 Å². The van der Waals surface area contributed by atoms with Gasteiger partial charge in [-0.3, -0.25) is 13.7 Å². The van der Waals surface area contributed by atoms with Crippen molar-refractivity contribution in [1.82, 2.24) is 14.1 Å². The predicted octanol–water partition coefficient (Wildman–Crippen LogP) is 16.0. The molecule has 3 heterocycles. The first kappa shape index (κ1) is 27.1. The molecule has 0 atom stereocenters. The van der Waals surface area contributed by atoms with Gasteiger partial charge in [0.1, 0.15) is 17.3 Å². The van der Waals surface area contributed by atoms with E-state index in [0.717, 1.165) is 6.20 Å². The number of pyridine rings is 1. The minimum Gasteiger partial charge on any atom is -0.458 e. The molecule has 0 saturated heterocycles. The highest BCUT2D eigenvalue weighted by atomic mass is 28.3. The van der Waals surface area contributed by atoms with Crippen LogP contribution in [-0.2, 0) is 5.41 Å². The van der Waals surface area contributed by atoms with E-state index in [4.69, 9.17) is 39.9 Å². The lowest BCUT2D eigenvalue weighted by Crippen LogP contribution is -2.74. The number of fused-ring (bicyclic) bond motifs is 4. The monoisotopic (exact) mass is 1120 g/mol. The second kappa shape index (κ2) is 21.1. The Morgan fingerprint density at radius 2 is 1.12 bits per heavy atom. The third-order valence-electron chi connectivity index (χ3n) is 14.3. The summed E-state index contributed by atoms with van der Waals surface area (Å²) in [6.07, 6.45) is 4.59. The third-order valence-corrected chi connectivity index (χ3v) is 18.3. The maximum Gasteiger partial charge on any atom is 0.269 e. The second-order valence-electron chi connectivity index (χ2n) is 20.1. The van der Waals surface area contributed by atoms with Crippen LogP contribution >= 0.6 is 0 Å². The van der Waals surface area contributed by atoms with Crippen LogP contribution in [0.5, 0.6) is 11.5 Å². The number of para-hydroxylation sites is 2. The van der Waals surface area contributed by atoms with Crippen molar-refractivity contribution in [2.24, 2.45) is 0 Å². The maximum absolute atomic E-state index is 10.9. The van der Waals surface area contributed by atoms with Crippen LogP contribution in [-0.4, -0.2) is 22.2 Å². The number of rotatable bonds is 12. The minimum absolute atomic E-state index is 0.0420. The SMILES string of the molecule is [2H]c1c([2H])c([2H])c(-c2ccc3c(c2)n(-c2cccc(Oc4ccc5c6ccccc6n(-c6cc(C([2H])([2H])[2H])c(-c7c([2H])c([2H])c([2H])c([2H])c7[2H])cn6)c5c4)c2)[c-][n+]3-c2c(-c3c([2H])c([2H])c([2H])c([Si](c4c([2H])c([2H])c([2H])c([2H])c4[2H])(c4c([2H])c([2H])c([2H])c([2H])c4[2H])c4c([2H])c([2H])c([2H])c([2H])c4[2H])c3[2H])cccc2C(C)(C)C)c([2H])c1[2H]. The molecule has 14 aromatic rings. The first-order valence-electron chi connectivity index (χ1n) is 41.9. The van der Waals surface area contributed by atoms with Gasteiger partial charge in [-0.25, -0.2) is 4.98 Å². The maximum atomic E-state index is 10.9. The molecule has 11 aromatic carbocycles. The summed E-state index contributed by atoms with van der Waals surface area (Å²) < 4.78 is 305. The summed E-state index contributed by atoms with van der Waals surface area (Å²) in [5.41, 5.74) is -0.765. The van der Waals surface area contributed by atoms with Crippen molar-refractivity contribution in [3.63, 3.8) is 0 Å². The van der Waals surface area contributed by atoms with Gasteiger partial charge in [0.15, 0.2) is 8.07 Å². The van der Waals surface area contributed by atoms with E-state index in [0.29, 0.717) is 27.4 Å². The summed E-state index contributed by atoms with van der Waals surface area (Å²) in [6, 6.07) is 1.69. The van der Waals surface area contributed by atoms with Crippen LogP contribution in [0.2, 0.25) is 0 Å². The summed E-state index contributed by atoms with van der Waals surface area (Å²) in [5.74, 6) is 0.454. The highest BCUT2D eigenvalue weighted by molar-refractivity contribution is 7.19. The molecule has 0 N–H and O–H groups in total. The van der Waals surface area contributed by atoms with Crippen molar-refractivity contribution in [2.75, 3.05) is 0 Å². The van der Waals surface area contributed by atoms with Crippen LogP contribution in [0, 0.1) is 13.2 Å². The van der Waals surface area contributed by atoms with Crippen LogP contribution in [0.3, 0.4) is 0 Å². The summed E-state index contributed by atoms with van der Waals surface area (Å²) >= 11 is 0. The lowest BCUT2D eigenvalue weighted by Gasteiger charge is -2.35. The van der Waals surface area contributed by atoms with Crippen molar-refractivity contribution < 1.29 is 53.2 Å². The lowest BCUT2D eigenvalue weighted by molar-refractivity contribution is -0.572. The van der Waals surface area contributed by atoms with Gasteiger partial charge in [-0.05, 0) is 120 Å². The molecular weight excluding hydrogens is 1020 g/mol. The number of imidazole rings is 1. The van der Waals surface area contributed by atoms with E-state index in [9.17, 15) is 13.7 Å². The number of aryl methyl sites for hydroxylation is 1. The Hall–Kier alpha value is -10.1.